The fourth-order valence-corrected chi connectivity index (χ4v) is 3.64. The van der Waals surface area contributed by atoms with E-state index < -0.39 is 0 Å². The first kappa shape index (κ1) is 20.2. The Morgan fingerprint density at radius 3 is 2.27 bits per heavy atom. The number of nitrogens with zero attached hydrogens (tertiary/aromatic N) is 2. The molecule has 0 atom stereocenters. The van der Waals surface area contributed by atoms with Crippen molar-refractivity contribution in [3.63, 3.8) is 0 Å². The van der Waals surface area contributed by atoms with Crippen LogP contribution in [-0.4, -0.2) is 37.4 Å². The number of aryl methyl sites for hydroxylation is 1. The topological polar surface area (TPSA) is 29.3 Å². The van der Waals surface area contributed by atoms with Crippen LogP contribution in [0.4, 0.5) is 0 Å². The van der Waals surface area contributed by atoms with E-state index in [4.69, 9.17) is 4.74 Å². The molecule has 0 amide bonds. The van der Waals surface area contributed by atoms with Crippen LogP contribution in [0.15, 0.2) is 84.0 Å². The van der Waals surface area contributed by atoms with Crippen LogP contribution in [0.1, 0.15) is 22.3 Å². The maximum absolute atomic E-state index is 5.85. The van der Waals surface area contributed by atoms with Gasteiger partial charge in [-0.25, -0.2) is 0 Å². The van der Waals surface area contributed by atoms with Gasteiger partial charge in [-0.1, -0.05) is 60.2 Å². The van der Waals surface area contributed by atoms with Gasteiger partial charge in [0.05, 0.1) is 32.4 Å². The molecule has 4 rings (SSSR count). The quantitative estimate of drug-likeness (QED) is 0.617. The molecule has 0 unspecified atom stereocenters. The molecule has 30 heavy (non-hydrogen) atoms. The lowest BCUT2D eigenvalue weighted by Gasteiger charge is -2.30. The lowest BCUT2D eigenvalue weighted by atomic mass is 10.1. The summed E-state index contributed by atoms with van der Waals surface area (Å²) in [6, 6.07) is 27.3. The van der Waals surface area contributed by atoms with E-state index in [1.807, 2.05) is 36.5 Å². The van der Waals surface area contributed by atoms with Crippen LogP contribution in [0.3, 0.4) is 0 Å². The minimum absolute atomic E-state index is 0.587. The summed E-state index contributed by atoms with van der Waals surface area (Å²) in [6.45, 7) is 8.06. The van der Waals surface area contributed by atoms with Gasteiger partial charge in [0.1, 0.15) is 18.9 Å². The van der Waals surface area contributed by atoms with Gasteiger partial charge in [0, 0.05) is 5.56 Å². The average molecular weight is 401 g/mol. The second kappa shape index (κ2) is 10.1. The fraction of sp³-hybridized carbons (Fsp3) is 0.269. The molecule has 1 aliphatic heterocycles. The molecule has 0 bridgehead atoms. The Balaban J connectivity index is 1.22. The lowest BCUT2D eigenvalue weighted by molar-refractivity contribution is -0.918. The third-order valence-electron chi connectivity index (χ3n) is 5.52. The van der Waals surface area contributed by atoms with Crippen LogP contribution in [0.2, 0.25) is 0 Å². The largest absolute Gasteiger partial charge is 0.489 e. The minimum Gasteiger partial charge on any atom is -0.489 e. The van der Waals surface area contributed by atoms with E-state index in [1.54, 1.807) is 4.90 Å². The molecule has 0 aromatic heterocycles. The molecule has 1 heterocycles. The second-order valence-corrected chi connectivity index (χ2v) is 7.95. The van der Waals surface area contributed by atoms with Crippen molar-refractivity contribution >= 4 is 6.21 Å². The number of hydrazone groups is 1. The number of quaternary nitrogens is 1. The molecule has 0 aliphatic carbocycles. The second-order valence-electron chi connectivity index (χ2n) is 7.95. The molecule has 1 fully saturated rings. The number of ether oxygens (including phenoxy) is 1. The maximum atomic E-state index is 5.85. The molecule has 4 heteroatoms. The van der Waals surface area contributed by atoms with Gasteiger partial charge in [-0.3, -0.25) is 5.01 Å². The summed E-state index contributed by atoms with van der Waals surface area (Å²) < 4.78 is 5.85. The SMILES string of the molecule is Cc1ccc(C[NH+]2CCN(/N=C\c3ccc(OCc4ccccc4)cc3)CC2)cc1. The summed E-state index contributed by atoms with van der Waals surface area (Å²) in [7, 11) is 0. The Kier molecular flexibility index (Phi) is 6.78. The molecule has 4 nitrogen and oxygen atoms in total. The van der Waals surface area contributed by atoms with Crippen molar-refractivity contribution in [3.8, 4) is 5.75 Å². The first-order valence-corrected chi connectivity index (χ1v) is 10.7. The highest BCUT2D eigenvalue weighted by Gasteiger charge is 2.18. The number of hydrogen-bond donors (Lipinski definition) is 1. The zero-order valence-electron chi connectivity index (χ0n) is 17.6. The highest BCUT2D eigenvalue weighted by Crippen LogP contribution is 2.13. The summed E-state index contributed by atoms with van der Waals surface area (Å²) in [5.41, 5.74) is 5.01. The Labute approximate surface area is 179 Å². The molecule has 0 saturated carbocycles. The van der Waals surface area contributed by atoms with Gasteiger partial charge >= 0.3 is 0 Å². The average Bonchev–Trinajstić information content (AvgIpc) is 2.80. The fourth-order valence-electron chi connectivity index (χ4n) is 3.64. The Morgan fingerprint density at radius 2 is 1.57 bits per heavy atom. The predicted octanol–water partition coefficient (Wildman–Crippen LogP) is 3.31. The third-order valence-corrected chi connectivity index (χ3v) is 5.52. The molecule has 1 saturated heterocycles. The number of benzene rings is 3. The van der Waals surface area contributed by atoms with Crippen molar-refractivity contribution in [1.82, 2.24) is 5.01 Å². The van der Waals surface area contributed by atoms with Crippen molar-refractivity contribution in [3.05, 3.63) is 101 Å². The van der Waals surface area contributed by atoms with Crippen molar-refractivity contribution in [1.29, 1.82) is 0 Å². The maximum Gasteiger partial charge on any atom is 0.119 e. The summed E-state index contributed by atoms with van der Waals surface area (Å²) in [5.74, 6) is 0.879. The van der Waals surface area contributed by atoms with E-state index in [-0.39, 0.29) is 0 Å². The first-order chi connectivity index (χ1) is 14.7. The molecule has 3 aromatic carbocycles. The van der Waals surface area contributed by atoms with Crippen LogP contribution in [0.25, 0.3) is 0 Å². The van der Waals surface area contributed by atoms with E-state index in [0.29, 0.717) is 6.61 Å². The van der Waals surface area contributed by atoms with Crippen molar-refractivity contribution < 1.29 is 9.64 Å². The van der Waals surface area contributed by atoms with E-state index in [9.17, 15) is 0 Å². The normalized spacial score (nSPS) is 14.9. The van der Waals surface area contributed by atoms with Gasteiger partial charge in [-0.15, -0.1) is 0 Å². The molecular formula is C26H30N3O+. The van der Waals surface area contributed by atoms with E-state index in [2.05, 4.69) is 65.6 Å². The smallest absolute Gasteiger partial charge is 0.119 e. The van der Waals surface area contributed by atoms with Crippen molar-refractivity contribution in [2.24, 2.45) is 5.10 Å². The van der Waals surface area contributed by atoms with Gasteiger partial charge in [-0.2, -0.15) is 5.10 Å². The standard InChI is InChI=1S/C26H29N3O/c1-22-7-9-24(10-8-22)20-28-15-17-29(18-16-28)27-19-23-11-13-26(14-12-23)30-21-25-5-3-2-4-6-25/h2-14,19H,15-18,20-21H2,1H3/p+1/b27-19-. The van der Waals surface area contributed by atoms with Crippen molar-refractivity contribution in [2.45, 2.75) is 20.1 Å². The molecular weight excluding hydrogens is 370 g/mol. The highest BCUT2D eigenvalue weighted by molar-refractivity contribution is 5.79. The van der Waals surface area contributed by atoms with Crippen LogP contribution >= 0.6 is 0 Å². The molecule has 154 valence electrons. The van der Waals surface area contributed by atoms with E-state index in [0.717, 1.165) is 44.0 Å². The van der Waals surface area contributed by atoms with Crippen LogP contribution in [0.5, 0.6) is 5.75 Å². The monoisotopic (exact) mass is 400 g/mol. The summed E-state index contributed by atoms with van der Waals surface area (Å²) >= 11 is 0. The Morgan fingerprint density at radius 1 is 0.867 bits per heavy atom. The number of nitrogens with one attached hydrogen (secondary N) is 1. The summed E-state index contributed by atoms with van der Waals surface area (Å²) in [5, 5.41) is 6.86. The zero-order chi connectivity index (χ0) is 20.6. The number of rotatable bonds is 7. The number of hydrogen-bond acceptors (Lipinski definition) is 3. The van der Waals surface area contributed by atoms with Crippen LogP contribution < -0.4 is 9.64 Å². The Hall–Kier alpha value is -3.11. The molecule has 0 spiro atoms. The van der Waals surface area contributed by atoms with Gasteiger partial charge < -0.3 is 9.64 Å². The summed E-state index contributed by atoms with van der Waals surface area (Å²) in [6.07, 6.45) is 1.95. The van der Waals surface area contributed by atoms with Crippen LogP contribution in [-0.2, 0) is 13.2 Å². The molecule has 1 aliphatic rings. The van der Waals surface area contributed by atoms with Gasteiger partial charge in [0.2, 0.25) is 0 Å². The number of piperazine rings is 1. The summed E-state index contributed by atoms with van der Waals surface area (Å²) in [4.78, 5) is 1.63. The van der Waals surface area contributed by atoms with Gasteiger partial charge in [-0.05, 0) is 42.3 Å². The Bertz CT molecular complexity index is 928. The molecule has 0 radical (unpaired) electrons. The van der Waals surface area contributed by atoms with Crippen molar-refractivity contribution in [2.75, 3.05) is 26.2 Å². The first-order valence-electron chi connectivity index (χ1n) is 10.7. The minimum atomic E-state index is 0.587. The predicted molar refractivity (Wildman–Crippen MR) is 122 cm³/mol. The third kappa shape index (κ3) is 5.94. The molecule has 3 aromatic rings. The zero-order valence-corrected chi connectivity index (χ0v) is 17.6. The van der Waals surface area contributed by atoms with Crippen LogP contribution in [0, 0.1) is 6.92 Å². The highest BCUT2D eigenvalue weighted by atomic mass is 16.5. The van der Waals surface area contributed by atoms with E-state index >= 15 is 0 Å². The van der Waals surface area contributed by atoms with E-state index in [1.165, 1.54) is 16.7 Å². The lowest BCUT2D eigenvalue weighted by Crippen LogP contribution is -3.13. The molecule has 1 N–H and O–H groups in total. The van der Waals surface area contributed by atoms with Gasteiger partial charge in [0.25, 0.3) is 0 Å². The van der Waals surface area contributed by atoms with Gasteiger partial charge in [0.15, 0.2) is 0 Å².